The topological polar surface area (TPSA) is 17.1 Å². The Kier molecular flexibility index (Phi) is 16.3. The van der Waals surface area contributed by atoms with Crippen LogP contribution in [0.4, 0.5) is 0 Å². The molecule has 0 aromatic carbocycles. The summed E-state index contributed by atoms with van der Waals surface area (Å²) in [6.45, 7) is 6.56. The van der Waals surface area contributed by atoms with Gasteiger partial charge in [0, 0.05) is 5.92 Å². The third kappa shape index (κ3) is 14.4. The molecule has 0 amide bonds. The molecule has 1 unspecified atom stereocenters. The fourth-order valence-electron chi connectivity index (χ4n) is 2.83. The molecular formula is C21H40O. The molecular weight excluding hydrogens is 268 g/mol. The first kappa shape index (κ1) is 21.4. The number of aldehydes is 1. The van der Waals surface area contributed by atoms with E-state index in [0.29, 0.717) is 5.92 Å². The minimum atomic E-state index is 0.275. The van der Waals surface area contributed by atoms with Gasteiger partial charge in [0.05, 0.1) is 0 Å². The van der Waals surface area contributed by atoms with Gasteiger partial charge in [0.25, 0.3) is 0 Å². The normalized spacial score (nSPS) is 13.1. The Hall–Kier alpha value is -0.590. The molecule has 0 aliphatic rings. The molecule has 0 N–H and O–H groups in total. The highest BCUT2D eigenvalue weighted by atomic mass is 16.1. The SMILES string of the molecule is CCCCCCCC/C=C\CCCCCCC(C=O)C(C)C. The van der Waals surface area contributed by atoms with Gasteiger partial charge in [0.2, 0.25) is 0 Å². The Morgan fingerprint density at radius 1 is 0.727 bits per heavy atom. The van der Waals surface area contributed by atoms with Crippen molar-refractivity contribution in [3.63, 3.8) is 0 Å². The molecule has 0 bridgehead atoms. The van der Waals surface area contributed by atoms with Gasteiger partial charge in [-0.3, -0.25) is 0 Å². The van der Waals surface area contributed by atoms with Gasteiger partial charge in [-0.2, -0.15) is 0 Å². The van der Waals surface area contributed by atoms with Crippen LogP contribution >= 0.6 is 0 Å². The highest BCUT2D eigenvalue weighted by Gasteiger charge is 2.10. The van der Waals surface area contributed by atoms with Crippen molar-refractivity contribution in [3.05, 3.63) is 12.2 Å². The molecule has 130 valence electrons. The van der Waals surface area contributed by atoms with E-state index < -0.39 is 0 Å². The lowest BCUT2D eigenvalue weighted by Gasteiger charge is -2.13. The van der Waals surface area contributed by atoms with Crippen molar-refractivity contribution in [3.8, 4) is 0 Å². The molecule has 0 heterocycles. The molecule has 1 nitrogen and oxygen atoms in total. The lowest BCUT2D eigenvalue weighted by Crippen LogP contribution is -2.09. The Morgan fingerprint density at radius 2 is 1.23 bits per heavy atom. The second-order valence-corrected chi connectivity index (χ2v) is 7.06. The molecule has 0 radical (unpaired) electrons. The van der Waals surface area contributed by atoms with E-state index in [9.17, 15) is 4.79 Å². The van der Waals surface area contributed by atoms with Crippen LogP contribution in [0.3, 0.4) is 0 Å². The van der Waals surface area contributed by atoms with Crippen molar-refractivity contribution in [2.45, 2.75) is 104 Å². The zero-order valence-corrected chi connectivity index (χ0v) is 15.5. The summed E-state index contributed by atoms with van der Waals surface area (Å²) < 4.78 is 0. The molecule has 0 aromatic heterocycles. The van der Waals surface area contributed by atoms with Gasteiger partial charge < -0.3 is 4.79 Å². The zero-order valence-electron chi connectivity index (χ0n) is 15.5. The standard InChI is InChI=1S/C21H40O/c1-4-5-6-7-8-9-10-11-12-13-14-15-16-17-18-21(19-22)20(2)3/h11-12,19-21H,4-10,13-18H2,1-3H3/b12-11-. The third-order valence-corrected chi connectivity index (χ3v) is 4.58. The summed E-state index contributed by atoms with van der Waals surface area (Å²) >= 11 is 0. The molecule has 0 saturated carbocycles. The number of unbranched alkanes of at least 4 members (excludes halogenated alkanes) is 10. The largest absolute Gasteiger partial charge is 0.303 e. The maximum absolute atomic E-state index is 10.9. The van der Waals surface area contributed by atoms with Crippen LogP contribution in [0.15, 0.2) is 12.2 Å². The van der Waals surface area contributed by atoms with Crippen molar-refractivity contribution in [2.24, 2.45) is 11.8 Å². The van der Waals surface area contributed by atoms with E-state index in [1.165, 1.54) is 77.0 Å². The number of hydrogen-bond donors (Lipinski definition) is 0. The summed E-state index contributed by atoms with van der Waals surface area (Å²) in [7, 11) is 0. The summed E-state index contributed by atoms with van der Waals surface area (Å²) in [5.74, 6) is 0.777. The monoisotopic (exact) mass is 308 g/mol. The fourth-order valence-corrected chi connectivity index (χ4v) is 2.83. The Morgan fingerprint density at radius 3 is 1.73 bits per heavy atom. The van der Waals surface area contributed by atoms with Gasteiger partial charge in [-0.1, -0.05) is 84.3 Å². The van der Waals surface area contributed by atoms with Gasteiger partial charge in [-0.25, -0.2) is 0 Å². The maximum Gasteiger partial charge on any atom is 0.123 e. The minimum Gasteiger partial charge on any atom is -0.303 e. The van der Waals surface area contributed by atoms with Gasteiger partial charge in [-0.05, 0) is 38.0 Å². The first-order chi connectivity index (χ1) is 10.7. The second-order valence-electron chi connectivity index (χ2n) is 7.06. The third-order valence-electron chi connectivity index (χ3n) is 4.58. The number of hydrogen-bond acceptors (Lipinski definition) is 1. The van der Waals surface area contributed by atoms with E-state index in [1.807, 2.05) is 0 Å². The van der Waals surface area contributed by atoms with Crippen LogP contribution in [0.5, 0.6) is 0 Å². The van der Waals surface area contributed by atoms with Gasteiger partial charge in [0.15, 0.2) is 0 Å². The van der Waals surface area contributed by atoms with E-state index >= 15 is 0 Å². The molecule has 1 heteroatoms. The quantitative estimate of drug-likeness (QED) is 0.169. The van der Waals surface area contributed by atoms with Crippen LogP contribution in [0.1, 0.15) is 104 Å². The maximum atomic E-state index is 10.9. The highest BCUT2D eigenvalue weighted by Crippen LogP contribution is 2.17. The summed E-state index contributed by atoms with van der Waals surface area (Å²) in [5.41, 5.74) is 0. The van der Waals surface area contributed by atoms with E-state index in [1.54, 1.807) is 0 Å². The van der Waals surface area contributed by atoms with E-state index in [2.05, 4.69) is 32.9 Å². The van der Waals surface area contributed by atoms with E-state index in [-0.39, 0.29) is 5.92 Å². The van der Waals surface area contributed by atoms with Crippen LogP contribution in [0, 0.1) is 11.8 Å². The zero-order chi connectivity index (χ0) is 16.5. The average molecular weight is 309 g/mol. The molecule has 0 aliphatic carbocycles. The van der Waals surface area contributed by atoms with Gasteiger partial charge in [-0.15, -0.1) is 0 Å². The molecule has 1 atom stereocenters. The van der Waals surface area contributed by atoms with Crippen LogP contribution < -0.4 is 0 Å². The first-order valence-electron chi connectivity index (χ1n) is 9.82. The summed E-state index contributed by atoms with van der Waals surface area (Å²) in [4.78, 5) is 10.9. The summed E-state index contributed by atoms with van der Waals surface area (Å²) in [6, 6.07) is 0. The van der Waals surface area contributed by atoms with Crippen molar-refractivity contribution >= 4 is 6.29 Å². The van der Waals surface area contributed by atoms with E-state index in [0.717, 1.165) is 12.7 Å². The van der Waals surface area contributed by atoms with Gasteiger partial charge >= 0.3 is 0 Å². The Balaban J connectivity index is 3.25. The Labute approximate surface area is 140 Å². The fraction of sp³-hybridized carbons (Fsp3) is 0.857. The van der Waals surface area contributed by atoms with Crippen LogP contribution in [0.2, 0.25) is 0 Å². The van der Waals surface area contributed by atoms with Crippen LogP contribution in [-0.2, 0) is 4.79 Å². The first-order valence-corrected chi connectivity index (χ1v) is 9.82. The predicted octanol–water partition coefficient (Wildman–Crippen LogP) is 7.10. The lowest BCUT2D eigenvalue weighted by molar-refractivity contribution is -0.112. The number of allylic oxidation sites excluding steroid dienone is 2. The number of carbonyl (C=O) groups is 1. The van der Waals surface area contributed by atoms with Crippen molar-refractivity contribution < 1.29 is 4.79 Å². The van der Waals surface area contributed by atoms with Crippen molar-refractivity contribution in [1.82, 2.24) is 0 Å². The summed E-state index contributed by atoms with van der Waals surface area (Å²) in [5, 5.41) is 0. The number of rotatable bonds is 16. The molecule has 0 aromatic rings. The molecule has 0 rings (SSSR count). The van der Waals surface area contributed by atoms with Crippen molar-refractivity contribution in [1.29, 1.82) is 0 Å². The van der Waals surface area contributed by atoms with Gasteiger partial charge in [0.1, 0.15) is 6.29 Å². The summed E-state index contributed by atoms with van der Waals surface area (Å²) in [6.07, 6.45) is 22.9. The minimum absolute atomic E-state index is 0.275. The second kappa shape index (κ2) is 16.8. The lowest BCUT2D eigenvalue weighted by atomic mass is 9.91. The smallest absolute Gasteiger partial charge is 0.123 e. The number of carbonyl (C=O) groups excluding carboxylic acids is 1. The van der Waals surface area contributed by atoms with E-state index in [4.69, 9.17) is 0 Å². The van der Waals surface area contributed by atoms with Crippen LogP contribution in [0.25, 0.3) is 0 Å². The Bertz CT molecular complexity index is 255. The molecule has 0 spiro atoms. The molecule has 0 fully saturated rings. The highest BCUT2D eigenvalue weighted by molar-refractivity contribution is 5.53. The average Bonchev–Trinajstić information content (AvgIpc) is 2.51. The van der Waals surface area contributed by atoms with Crippen LogP contribution in [-0.4, -0.2) is 6.29 Å². The predicted molar refractivity (Wildman–Crippen MR) is 99.2 cm³/mol. The van der Waals surface area contributed by atoms with Crippen molar-refractivity contribution in [2.75, 3.05) is 0 Å². The molecule has 0 aliphatic heterocycles. The molecule has 22 heavy (non-hydrogen) atoms. The molecule has 0 saturated heterocycles.